The third-order valence-electron chi connectivity index (χ3n) is 6.53. The highest BCUT2D eigenvalue weighted by Gasteiger charge is 2.41. The molecule has 2 N–H and O–H groups in total. The molecule has 0 bridgehead atoms. The lowest BCUT2D eigenvalue weighted by molar-refractivity contribution is -0.129. The maximum atomic E-state index is 13.4. The number of benzene rings is 3. The van der Waals surface area contributed by atoms with E-state index in [2.05, 4.69) is 16.7 Å². The van der Waals surface area contributed by atoms with E-state index in [1.54, 1.807) is 6.07 Å². The lowest BCUT2D eigenvalue weighted by Crippen LogP contribution is -2.61. The Bertz CT molecular complexity index is 1160. The van der Waals surface area contributed by atoms with E-state index in [1.807, 2.05) is 66.7 Å². The van der Waals surface area contributed by atoms with Crippen LogP contribution in [-0.4, -0.2) is 23.4 Å². The molecule has 4 rings (SSSR count). The topological polar surface area (TPSA) is 82.0 Å². The van der Waals surface area contributed by atoms with E-state index >= 15 is 0 Å². The SMILES string of the molecule is N#C[C@H](CCc1ccccc1)NC(=O)C1(NC(=O)c2ccc3ccccc3c2)CCCCC1. The highest BCUT2D eigenvalue weighted by Crippen LogP contribution is 2.29. The first-order valence-corrected chi connectivity index (χ1v) is 11.7. The van der Waals surface area contributed by atoms with Gasteiger partial charge in [0.15, 0.2) is 0 Å². The molecule has 168 valence electrons. The van der Waals surface area contributed by atoms with Crippen LogP contribution in [0.1, 0.15) is 54.4 Å². The average molecular weight is 440 g/mol. The second kappa shape index (κ2) is 10.3. The van der Waals surface area contributed by atoms with Crippen LogP contribution in [-0.2, 0) is 11.2 Å². The van der Waals surface area contributed by atoms with E-state index in [9.17, 15) is 14.9 Å². The monoisotopic (exact) mass is 439 g/mol. The summed E-state index contributed by atoms with van der Waals surface area (Å²) in [6.07, 6.45) is 5.16. The minimum atomic E-state index is -0.983. The summed E-state index contributed by atoms with van der Waals surface area (Å²) in [5, 5.41) is 17.7. The van der Waals surface area contributed by atoms with Crippen molar-refractivity contribution in [2.24, 2.45) is 0 Å². The van der Waals surface area contributed by atoms with Crippen molar-refractivity contribution in [1.29, 1.82) is 5.26 Å². The Morgan fingerprint density at radius 1 is 0.909 bits per heavy atom. The molecule has 0 radical (unpaired) electrons. The van der Waals surface area contributed by atoms with E-state index in [0.29, 0.717) is 31.2 Å². The Kier molecular flexibility index (Phi) is 7.04. The zero-order valence-corrected chi connectivity index (χ0v) is 18.7. The Morgan fingerprint density at radius 2 is 1.61 bits per heavy atom. The van der Waals surface area contributed by atoms with Gasteiger partial charge in [-0.05, 0) is 54.2 Å². The van der Waals surface area contributed by atoms with Gasteiger partial charge in [-0.1, -0.05) is 79.9 Å². The molecule has 3 aromatic carbocycles. The van der Waals surface area contributed by atoms with Crippen LogP contribution in [0.5, 0.6) is 0 Å². The van der Waals surface area contributed by atoms with E-state index in [4.69, 9.17) is 0 Å². The quantitative estimate of drug-likeness (QED) is 0.549. The van der Waals surface area contributed by atoms with Gasteiger partial charge in [0.25, 0.3) is 5.91 Å². The molecule has 0 aromatic heterocycles. The molecule has 0 heterocycles. The number of hydrogen-bond donors (Lipinski definition) is 2. The summed E-state index contributed by atoms with van der Waals surface area (Å²) in [6.45, 7) is 0. The van der Waals surface area contributed by atoms with Gasteiger partial charge in [0.1, 0.15) is 11.6 Å². The molecule has 0 saturated heterocycles. The molecule has 1 aliphatic carbocycles. The highest BCUT2D eigenvalue weighted by molar-refractivity contribution is 6.02. The fourth-order valence-corrected chi connectivity index (χ4v) is 4.61. The maximum Gasteiger partial charge on any atom is 0.252 e. The van der Waals surface area contributed by atoms with Gasteiger partial charge in [0, 0.05) is 5.56 Å². The first-order chi connectivity index (χ1) is 16.1. The molecule has 0 aliphatic heterocycles. The standard InChI is InChI=1S/C28H29N3O2/c29-20-25(16-13-21-9-3-1-4-10-21)30-27(33)28(17-7-2-8-18-28)31-26(32)24-15-14-22-11-5-6-12-23(22)19-24/h1,3-6,9-12,14-15,19,25H,2,7-8,13,16-18H2,(H,30,33)(H,31,32)/t25-/m0/s1. The second-order valence-electron chi connectivity index (χ2n) is 8.84. The van der Waals surface area contributed by atoms with E-state index in [-0.39, 0.29) is 11.8 Å². The Balaban J connectivity index is 1.47. The van der Waals surface area contributed by atoms with Crippen molar-refractivity contribution in [3.63, 3.8) is 0 Å². The predicted octanol–water partition coefficient (Wildman–Crippen LogP) is 4.91. The average Bonchev–Trinajstić information content (AvgIpc) is 2.87. The summed E-state index contributed by atoms with van der Waals surface area (Å²) in [5.41, 5.74) is 0.680. The summed E-state index contributed by atoms with van der Waals surface area (Å²) in [5.74, 6) is -0.508. The van der Waals surface area contributed by atoms with Crippen molar-refractivity contribution in [2.75, 3.05) is 0 Å². The molecular weight excluding hydrogens is 410 g/mol. The normalized spacial score (nSPS) is 15.8. The first kappa shape index (κ1) is 22.5. The fraction of sp³-hybridized carbons (Fsp3) is 0.321. The van der Waals surface area contributed by atoms with Crippen LogP contribution in [0.15, 0.2) is 72.8 Å². The number of carbonyl (C=O) groups is 2. The molecule has 0 spiro atoms. The first-order valence-electron chi connectivity index (χ1n) is 11.7. The minimum Gasteiger partial charge on any atom is -0.338 e. The lowest BCUT2D eigenvalue weighted by atomic mass is 9.80. The number of amides is 2. The van der Waals surface area contributed by atoms with Crippen LogP contribution >= 0.6 is 0 Å². The number of rotatable bonds is 7. The molecular formula is C28H29N3O2. The fourth-order valence-electron chi connectivity index (χ4n) is 4.61. The largest absolute Gasteiger partial charge is 0.338 e. The van der Waals surface area contributed by atoms with E-state index < -0.39 is 11.6 Å². The number of hydrogen-bond acceptors (Lipinski definition) is 3. The third kappa shape index (κ3) is 5.40. The second-order valence-corrected chi connectivity index (χ2v) is 8.84. The molecule has 1 saturated carbocycles. The molecule has 2 amide bonds. The summed E-state index contributed by atoms with van der Waals surface area (Å²) < 4.78 is 0. The summed E-state index contributed by atoms with van der Waals surface area (Å²) in [7, 11) is 0. The number of fused-ring (bicyclic) bond motifs is 1. The van der Waals surface area contributed by atoms with Crippen molar-refractivity contribution >= 4 is 22.6 Å². The van der Waals surface area contributed by atoms with Crippen molar-refractivity contribution in [2.45, 2.75) is 56.5 Å². The smallest absolute Gasteiger partial charge is 0.252 e. The van der Waals surface area contributed by atoms with Crippen molar-refractivity contribution < 1.29 is 9.59 Å². The van der Waals surface area contributed by atoms with E-state index in [1.165, 1.54) is 0 Å². The number of nitrogens with one attached hydrogen (secondary N) is 2. The molecule has 33 heavy (non-hydrogen) atoms. The Morgan fingerprint density at radius 3 is 2.33 bits per heavy atom. The molecule has 3 aromatic rings. The van der Waals surface area contributed by atoms with Crippen LogP contribution in [0.2, 0.25) is 0 Å². The van der Waals surface area contributed by atoms with Gasteiger partial charge >= 0.3 is 0 Å². The minimum absolute atomic E-state index is 0.254. The number of carbonyl (C=O) groups excluding carboxylic acids is 2. The molecule has 1 fully saturated rings. The number of nitriles is 1. The van der Waals surface area contributed by atoms with Crippen molar-refractivity contribution in [1.82, 2.24) is 10.6 Å². The maximum absolute atomic E-state index is 13.4. The summed E-state index contributed by atoms with van der Waals surface area (Å²) >= 11 is 0. The van der Waals surface area contributed by atoms with Crippen LogP contribution in [0.4, 0.5) is 0 Å². The number of nitrogens with zero attached hydrogens (tertiary/aromatic N) is 1. The van der Waals surface area contributed by atoms with Gasteiger partial charge in [0.2, 0.25) is 5.91 Å². The molecule has 5 nitrogen and oxygen atoms in total. The molecule has 1 aliphatic rings. The van der Waals surface area contributed by atoms with Crippen molar-refractivity contribution in [3.05, 3.63) is 83.9 Å². The Labute approximate surface area is 194 Å². The van der Waals surface area contributed by atoms with Gasteiger partial charge in [-0.15, -0.1) is 0 Å². The Hall–Kier alpha value is -3.65. The van der Waals surface area contributed by atoms with Crippen LogP contribution in [0.3, 0.4) is 0 Å². The predicted molar refractivity (Wildman–Crippen MR) is 130 cm³/mol. The summed E-state index contributed by atoms with van der Waals surface area (Å²) in [6, 6.07) is 25.0. The molecule has 5 heteroatoms. The van der Waals surface area contributed by atoms with Gasteiger partial charge < -0.3 is 10.6 Å². The zero-order valence-electron chi connectivity index (χ0n) is 18.7. The summed E-state index contributed by atoms with van der Waals surface area (Å²) in [4.78, 5) is 26.6. The molecule has 0 unspecified atom stereocenters. The van der Waals surface area contributed by atoms with Crippen molar-refractivity contribution in [3.8, 4) is 6.07 Å². The number of aryl methyl sites for hydroxylation is 1. The molecule has 1 atom stereocenters. The van der Waals surface area contributed by atoms with Crippen LogP contribution in [0, 0.1) is 11.3 Å². The third-order valence-corrected chi connectivity index (χ3v) is 6.53. The van der Waals surface area contributed by atoms with Gasteiger partial charge in [-0.25, -0.2) is 0 Å². The zero-order chi connectivity index (χ0) is 23.1. The van der Waals surface area contributed by atoms with E-state index in [0.717, 1.165) is 35.6 Å². The van der Waals surface area contributed by atoms with Gasteiger partial charge in [0.05, 0.1) is 6.07 Å². The van der Waals surface area contributed by atoms with Crippen LogP contribution < -0.4 is 10.6 Å². The van der Waals surface area contributed by atoms with Gasteiger partial charge in [-0.2, -0.15) is 5.26 Å². The lowest BCUT2D eigenvalue weighted by Gasteiger charge is -2.37. The highest BCUT2D eigenvalue weighted by atomic mass is 16.2. The van der Waals surface area contributed by atoms with Crippen LogP contribution in [0.25, 0.3) is 10.8 Å². The van der Waals surface area contributed by atoms with Gasteiger partial charge in [-0.3, -0.25) is 9.59 Å².